The van der Waals surface area contributed by atoms with Crippen LogP contribution in [0.3, 0.4) is 0 Å². The lowest BCUT2D eigenvalue weighted by Crippen LogP contribution is -2.22. The number of aliphatic hydroxyl groups excluding tert-OH is 1. The Morgan fingerprint density at radius 1 is 1.15 bits per heavy atom. The van der Waals surface area contributed by atoms with Crippen LogP contribution in [-0.4, -0.2) is 21.4 Å². The fourth-order valence-corrected chi connectivity index (χ4v) is 3.32. The fraction of sp³-hybridized carbons (Fsp3) is 0.286. The van der Waals surface area contributed by atoms with Gasteiger partial charge in [0, 0.05) is 34.9 Å². The van der Waals surface area contributed by atoms with Crippen molar-refractivity contribution in [3.8, 4) is 0 Å². The van der Waals surface area contributed by atoms with Gasteiger partial charge in [0.15, 0.2) is 0 Å². The van der Waals surface area contributed by atoms with E-state index in [1.165, 1.54) is 6.07 Å². The van der Waals surface area contributed by atoms with E-state index in [-0.39, 0.29) is 6.54 Å². The average molecular weight is 388 g/mol. The molecule has 0 amide bonds. The van der Waals surface area contributed by atoms with Crippen LogP contribution in [0.1, 0.15) is 34.2 Å². The monoisotopic (exact) mass is 387 g/mol. The first-order chi connectivity index (χ1) is 13.0. The molecule has 0 aliphatic rings. The highest BCUT2D eigenvalue weighted by molar-refractivity contribution is 6.31. The van der Waals surface area contributed by atoms with Gasteiger partial charge in [0.2, 0.25) is 0 Å². The van der Waals surface area contributed by atoms with Crippen LogP contribution >= 0.6 is 11.6 Å². The van der Waals surface area contributed by atoms with E-state index in [4.69, 9.17) is 11.6 Å². The van der Waals surface area contributed by atoms with Crippen molar-refractivity contribution in [2.45, 2.75) is 33.0 Å². The van der Waals surface area contributed by atoms with E-state index in [1.54, 1.807) is 18.2 Å². The normalized spacial score (nSPS) is 12.3. The van der Waals surface area contributed by atoms with Gasteiger partial charge < -0.3 is 10.4 Å². The molecule has 0 aliphatic carbocycles. The topological polar surface area (TPSA) is 50.1 Å². The summed E-state index contributed by atoms with van der Waals surface area (Å²) in [6.45, 7) is 5.38. The summed E-state index contributed by atoms with van der Waals surface area (Å²) in [5.41, 5.74) is 4.35. The molecule has 1 heterocycles. The fourth-order valence-electron chi connectivity index (χ4n) is 3.12. The number of benzene rings is 2. The Balaban J connectivity index is 1.65. The molecule has 0 fully saturated rings. The molecule has 6 heteroatoms. The van der Waals surface area contributed by atoms with Crippen LogP contribution in [0.5, 0.6) is 0 Å². The van der Waals surface area contributed by atoms with E-state index in [0.717, 1.165) is 27.5 Å². The maximum atomic E-state index is 13.7. The van der Waals surface area contributed by atoms with Gasteiger partial charge in [-0.3, -0.25) is 4.68 Å². The highest BCUT2D eigenvalue weighted by Gasteiger charge is 2.15. The lowest BCUT2D eigenvalue weighted by molar-refractivity contribution is 0.169. The maximum absolute atomic E-state index is 13.7. The number of aryl methyl sites for hydroxylation is 1. The van der Waals surface area contributed by atoms with Gasteiger partial charge in [0.05, 0.1) is 18.3 Å². The van der Waals surface area contributed by atoms with Crippen LogP contribution in [0.2, 0.25) is 5.02 Å². The number of halogens is 2. The van der Waals surface area contributed by atoms with Crippen LogP contribution in [0, 0.1) is 19.7 Å². The van der Waals surface area contributed by atoms with E-state index in [2.05, 4.69) is 10.4 Å². The quantitative estimate of drug-likeness (QED) is 0.640. The van der Waals surface area contributed by atoms with Crippen molar-refractivity contribution in [3.63, 3.8) is 0 Å². The Bertz CT molecular complexity index is 926. The minimum atomic E-state index is -0.898. The van der Waals surface area contributed by atoms with Crippen LogP contribution in [-0.2, 0) is 13.1 Å². The van der Waals surface area contributed by atoms with Gasteiger partial charge in [-0.2, -0.15) is 5.10 Å². The van der Waals surface area contributed by atoms with Crippen LogP contribution in [0.25, 0.3) is 0 Å². The van der Waals surface area contributed by atoms with Crippen LogP contribution < -0.4 is 5.32 Å². The number of hydrogen-bond acceptors (Lipinski definition) is 3. The molecular formula is C21H23ClFN3O. The number of hydrogen-bond donors (Lipinski definition) is 2. The van der Waals surface area contributed by atoms with E-state index >= 15 is 0 Å². The molecule has 1 aromatic heterocycles. The lowest BCUT2D eigenvalue weighted by Gasteiger charge is -2.13. The molecule has 3 rings (SSSR count). The molecule has 0 saturated heterocycles. The van der Waals surface area contributed by atoms with E-state index < -0.39 is 11.9 Å². The Labute approximate surface area is 163 Å². The molecular weight excluding hydrogens is 365 g/mol. The van der Waals surface area contributed by atoms with Gasteiger partial charge in [-0.1, -0.05) is 48.0 Å². The van der Waals surface area contributed by atoms with Crippen molar-refractivity contribution < 1.29 is 9.50 Å². The molecule has 1 atom stereocenters. The zero-order valence-corrected chi connectivity index (χ0v) is 16.2. The van der Waals surface area contributed by atoms with Crippen molar-refractivity contribution in [1.82, 2.24) is 15.1 Å². The Hall–Kier alpha value is -2.21. The molecule has 3 aromatic rings. The first kappa shape index (κ1) is 19.5. The summed E-state index contributed by atoms with van der Waals surface area (Å²) < 4.78 is 15.7. The first-order valence-electron chi connectivity index (χ1n) is 8.87. The Kier molecular flexibility index (Phi) is 6.26. The predicted molar refractivity (Wildman–Crippen MR) is 105 cm³/mol. The standard InChI is InChI=1S/C21H23ClFN3O/c1-14-18(11-24-12-21(27)17-8-4-6-10-20(17)23)15(2)26(25-14)13-16-7-3-5-9-19(16)22/h3-10,21,24,27H,11-13H2,1-2H3. The van der Waals surface area contributed by atoms with E-state index in [9.17, 15) is 9.50 Å². The van der Waals surface area contributed by atoms with Crippen molar-refractivity contribution >= 4 is 11.6 Å². The van der Waals surface area contributed by atoms with Gasteiger partial charge in [-0.15, -0.1) is 0 Å². The summed E-state index contributed by atoms with van der Waals surface area (Å²) in [5, 5.41) is 18.7. The Morgan fingerprint density at radius 2 is 1.85 bits per heavy atom. The smallest absolute Gasteiger partial charge is 0.129 e. The first-order valence-corrected chi connectivity index (χ1v) is 9.24. The minimum Gasteiger partial charge on any atom is -0.387 e. The second-order valence-corrected chi connectivity index (χ2v) is 6.97. The number of aromatic nitrogens is 2. The minimum absolute atomic E-state index is 0.259. The van der Waals surface area contributed by atoms with Crippen molar-refractivity contribution in [1.29, 1.82) is 0 Å². The van der Waals surface area contributed by atoms with Crippen LogP contribution in [0.4, 0.5) is 4.39 Å². The van der Waals surface area contributed by atoms with Crippen molar-refractivity contribution in [2.24, 2.45) is 0 Å². The third kappa shape index (κ3) is 4.56. The average Bonchev–Trinajstić information content (AvgIpc) is 2.91. The number of rotatable bonds is 7. The largest absolute Gasteiger partial charge is 0.387 e. The molecule has 142 valence electrons. The molecule has 4 nitrogen and oxygen atoms in total. The molecule has 2 aromatic carbocycles. The third-order valence-corrected chi connectivity index (χ3v) is 5.08. The van der Waals surface area contributed by atoms with Gasteiger partial charge in [0.25, 0.3) is 0 Å². The molecule has 0 radical (unpaired) electrons. The number of aliphatic hydroxyl groups is 1. The zero-order valence-electron chi connectivity index (χ0n) is 15.4. The van der Waals surface area contributed by atoms with Gasteiger partial charge in [0.1, 0.15) is 5.82 Å². The summed E-state index contributed by atoms with van der Waals surface area (Å²) in [4.78, 5) is 0. The summed E-state index contributed by atoms with van der Waals surface area (Å²) in [5.74, 6) is -0.397. The molecule has 1 unspecified atom stereocenters. The predicted octanol–water partition coefficient (Wildman–Crippen LogP) is 4.16. The molecule has 0 spiro atoms. The molecule has 0 aliphatic heterocycles. The SMILES string of the molecule is Cc1nn(Cc2ccccc2Cl)c(C)c1CNCC(O)c1ccccc1F. The van der Waals surface area contributed by atoms with E-state index in [0.29, 0.717) is 18.7 Å². The van der Waals surface area contributed by atoms with Crippen molar-refractivity contribution in [2.75, 3.05) is 6.54 Å². The summed E-state index contributed by atoms with van der Waals surface area (Å²) >= 11 is 6.25. The third-order valence-electron chi connectivity index (χ3n) is 4.71. The second kappa shape index (κ2) is 8.65. The second-order valence-electron chi connectivity index (χ2n) is 6.57. The zero-order chi connectivity index (χ0) is 19.4. The number of nitrogens with one attached hydrogen (secondary N) is 1. The summed E-state index contributed by atoms with van der Waals surface area (Å²) in [7, 11) is 0. The highest BCUT2D eigenvalue weighted by atomic mass is 35.5. The van der Waals surface area contributed by atoms with Gasteiger partial charge in [-0.05, 0) is 31.5 Å². The van der Waals surface area contributed by atoms with Gasteiger partial charge >= 0.3 is 0 Å². The van der Waals surface area contributed by atoms with Gasteiger partial charge in [-0.25, -0.2) is 4.39 Å². The highest BCUT2D eigenvalue weighted by Crippen LogP contribution is 2.20. The Morgan fingerprint density at radius 3 is 2.59 bits per heavy atom. The molecule has 0 saturated carbocycles. The summed E-state index contributed by atoms with van der Waals surface area (Å²) in [6, 6.07) is 14.0. The number of nitrogens with zero attached hydrogens (tertiary/aromatic N) is 2. The van der Waals surface area contributed by atoms with E-state index in [1.807, 2.05) is 42.8 Å². The molecule has 0 bridgehead atoms. The molecule has 2 N–H and O–H groups in total. The van der Waals surface area contributed by atoms with Crippen molar-refractivity contribution in [3.05, 3.63) is 87.4 Å². The molecule has 27 heavy (non-hydrogen) atoms. The summed E-state index contributed by atoms with van der Waals surface area (Å²) in [6.07, 6.45) is -0.898. The lowest BCUT2D eigenvalue weighted by atomic mass is 10.1. The van der Waals surface area contributed by atoms with Crippen LogP contribution in [0.15, 0.2) is 48.5 Å². The maximum Gasteiger partial charge on any atom is 0.129 e.